The van der Waals surface area contributed by atoms with Gasteiger partial charge in [0.1, 0.15) is 11.9 Å². The Morgan fingerprint density at radius 2 is 1.47 bits per heavy atom. The number of aliphatic hydroxyl groups is 1. The van der Waals surface area contributed by atoms with Crippen LogP contribution in [0.25, 0.3) is 0 Å². The van der Waals surface area contributed by atoms with E-state index in [9.17, 15) is 5.11 Å². The van der Waals surface area contributed by atoms with Crippen LogP contribution in [-0.2, 0) is 0 Å². The summed E-state index contributed by atoms with van der Waals surface area (Å²) >= 11 is 0. The topological polar surface area (TPSA) is 29.5 Å². The van der Waals surface area contributed by atoms with Gasteiger partial charge < -0.3 is 9.84 Å². The van der Waals surface area contributed by atoms with Crippen LogP contribution in [0, 0.1) is 6.92 Å². The Kier molecular flexibility index (Phi) is 4.23. The van der Waals surface area contributed by atoms with Crippen LogP contribution in [0.1, 0.15) is 36.6 Å². The summed E-state index contributed by atoms with van der Waals surface area (Å²) in [6.45, 7) is 5.97. The number of hydrogen-bond acceptors (Lipinski definition) is 2. The molecule has 0 bridgehead atoms. The summed E-state index contributed by atoms with van der Waals surface area (Å²) in [4.78, 5) is 0. The van der Waals surface area contributed by atoms with E-state index in [4.69, 9.17) is 4.74 Å². The Labute approximate surface area is 114 Å². The van der Waals surface area contributed by atoms with Crippen molar-refractivity contribution in [2.24, 2.45) is 0 Å². The lowest BCUT2D eigenvalue weighted by atomic mass is 9.97. The highest BCUT2D eigenvalue weighted by Crippen LogP contribution is 2.31. The van der Waals surface area contributed by atoms with Crippen molar-refractivity contribution in [1.82, 2.24) is 0 Å². The van der Waals surface area contributed by atoms with Crippen molar-refractivity contribution in [3.05, 3.63) is 65.2 Å². The van der Waals surface area contributed by atoms with Crippen LogP contribution in [0.4, 0.5) is 0 Å². The number of aliphatic hydroxyl groups excluding tert-OH is 1. The standard InChI is InChI=1S/C17H20O2/c1-12(2)19-16-11-7-6-10-15(16)17(18)14-9-5-4-8-13(14)3/h4-12,17-18H,1-3H3. The largest absolute Gasteiger partial charge is 0.491 e. The lowest BCUT2D eigenvalue weighted by Crippen LogP contribution is -2.10. The van der Waals surface area contributed by atoms with Gasteiger partial charge in [-0.3, -0.25) is 0 Å². The Hall–Kier alpha value is -1.80. The quantitative estimate of drug-likeness (QED) is 0.900. The van der Waals surface area contributed by atoms with Crippen LogP contribution >= 0.6 is 0 Å². The lowest BCUT2D eigenvalue weighted by Gasteiger charge is -2.19. The van der Waals surface area contributed by atoms with Gasteiger partial charge in [-0.05, 0) is 38.0 Å². The summed E-state index contributed by atoms with van der Waals surface area (Å²) in [5.74, 6) is 0.744. The fraction of sp³-hybridized carbons (Fsp3) is 0.294. The van der Waals surface area contributed by atoms with E-state index in [0.29, 0.717) is 0 Å². The first-order valence-electron chi connectivity index (χ1n) is 6.58. The lowest BCUT2D eigenvalue weighted by molar-refractivity contribution is 0.197. The molecule has 0 aliphatic heterocycles. The molecule has 0 aliphatic rings. The Bertz CT molecular complexity index is 546. The van der Waals surface area contributed by atoms with Gasteiger partial charge >= 0.3 is 0 Å². The maximum Gasteiger partial charge on any atom is 0.125 e. The summed E-state index contributed by atoms with van der Waals surface area (Å²) in [5, 5.41) is 10.6. The van der Waals surface area contributed by atoms with Crippen LogP contribution in [-0.4, -0.2) is 11.2 Å². The molecule has 2 nitrogen and oxygen atoms in total. The monoisotopic (exact) mass is 256 g/mol. The van der Waals surface area contributed by atoms with Gasteiger partial charge in [-0.2, -0.15) is 0 Å². The molecule has 1 unspecified atom stereocenters. The summed E-state index contributed by atoms with van der Waals surface area (Å²) in [6.07, 6.45) is -0.568. The van der Waals surface area contributed by atoms with Crippen molar-refractivity contribution in [3.8, 4) is 5.75 Å². The molecule has 2 rings (SSSR count). The third-order valence-corrected chi connectivity index (χ3v) is 3.06. The minimum absolute atomic E-state index is 0.0882. The Morgan fingerprint density at radius 3 is 2.11 bits per heavy atom. The molecule has 1 atom stereocenters. The van der Waals surface area contributed by atoms with Crippen LogP contribution in [0.5, 0.6) is 5.75 Å². The molecule has 0 aliphatic carbocycles. The van der Waals surface area contributed by atoms with Gasteiger partial charge in [-0.1, -0.05) is 42.5 Å². The predicted molar refractivity (Wildman–Crippen MR) is 77.4 cm³/mol. The van der Waals surface area contributed by atoms with E-state index in [2.05, 4.69) is 0 Å². The first-order chi connectivity index (χ1) is 9.09. The minimum Gasteiger partial charge on any atom is -0.491 e. The maximum absolute atomic E-state index is 10.6. The van der Waals surface area contributed by atoms with E-state index < -0.39 is 6.10 Å². The van der Waals surface area contributed by atoms with Gasteiger partial charge in [0.05, 0.1) is 6.10 Å². The molecule has 100 valence electrons. The van der Waals surface area contributed by atoms with Crippen LogP contribution < -0.4 is 4.74 Å². The zero-order valence-electron chi connectivity index (χ0n) is 11.6. The molecule has 0 spiro atoms. The second kappa shape index (κ2) is 5.89. The smallest absolute Gasteiger partial charge is 0.125 e. The van der Waals surface area contributed by atoms with Gasteiger partial charge in [0.2, 0.25) is 0 Å². The van der Waals surface area contributed by atoms with Crippen molar-refractivity contribution in [3.63, 3.8) is 0 Å². The zero-order chi connectivity index (χ0) is 13.8. The molecule has 0 amide bonds. The Morgan fingerprint density at radius 1 is 0.895 bits per heavy atom. The van der Waals surface area contributed by atoms with E-state index in [1.807, 2.05) is 69.3 Å². The SMILES string of the molecule is Cc1ccccc1C(O)c1ccccc1OC(C)C. The number of rotatable bonds is 4. The third-order valence-electron chi connectivity index (χ3n) is 3.06. The molecule has 0 saturated carbocycles. The molecule has 0 aromatic heterocycles. The van der Waals surface area contributed by atoms with Crippen LogP contribution in [0.2, 0.25) is 0 Å². The van der Waals surface area contributed by atoms with E-state index in [0.717, 1.165) is 22.4 Å². The maximum atomic E-state index is 10.6. The summed E-state index contributed by atoms with van der Waals surface area (Å²) < 4.78 is 5.77. The normalized spacial score (nSPS) is 12.5. The zero-order valence-corrected chi connectivity index (χ0v) is 11.6. The van der Waals surface area contributed by atoms with Crippen LogP contribution in [0.3, 0.4) is 0 Å². The van der Waals surface area contributed by atoms with Crippen molar-refractivity contribution in [2.75, 3.05) is 0 Å². The molecular weight excluding hydrogens is 236 g/mol. The fourth-order valence-corrected chi connectivity index (χ4v) is 2.13. The number of ether oxygens (including phenoxy) is 1. The second-order valence-corrected chi connectivity index (χ2v) is 4.96. The Balaban J connectivity index is 2.39. The van der Waals surface area contributed by atoms with E-state index in [1.54, 1.807) is 0 Å². The highest BCUT2D eigenvalue weighted by Gasteiger charge is 2.17. The number of benzene rings is 2. The third kappa shape index (κ3) is 3.15. The van der Waals surface area contributed by atoms with Crippen molar-refractivity contribution in [1.29, 1.82) is 0 Å². The van der Waals surface area contributed by atoms with E-state index in [-0.39, 0.29) is 6.10 Å². The molecule has 2 aromatic carbocycles. The molecule has 2 heteroatoms. The van der Waals surface area contributed by atoms with Crippen molar-refractivity contribution in [2.45, 2.75) is 33.0 Å². The highest BCUT2D eigenvalue weighted by molar-refractivity contribution is 5.42. The van der Waals surface area contributed by atoms with Crippen LogP contribution in [0.15, 0.2) is 48.5 Å². The highest BCUT2D eigenvalue weighted by atomic mass is 16.5. The van der Waals surface area contributed by atoms with Gasteiger partial charge in [0, 0.05) is 5.56 Å². The molecule has 1 N–H and O–H groups in total. The summed E-state index contributed by atoms with van der Waals surface area (Å²) in [7, 11) is 0. The number of aryl methyl sites for hydroxylation is 1. The molecule has 0 radical (unpaired) electrons. The summed E-state index contributed by atoms with van der Waals surface area (Å²) in [5.41, 5.74) is 2.81. The van der Waals surface area contributed by atoms with Crippen molar-refractivity contribution < 1.29 is 9.84 Å². The number of para-hydroxylation sites is 1. The van der Waals surface area contributed by atoms with E-state index >= 15 is 0 Å². The molecule has 19 heavy (non-hydrogen) atoms. The first-order valence-corrected chi connectivity index (χ1v) is 6.58. The molecular formula is C17H20O2. The van der Waals surface area contributed by atoms with Gasteiger partial charge in [0.15, 0.2) is 0 Å². The first kappa shape index (κ1) is 13.6. The van der Waals surface area contributed by atoms with Gasteiger partial charge in [-0.25, -0.2) is 0 Å². The number of hydrogen-bond donors (Lipinski definition) is 1. The molecule has 0 heterocycles. The molecule has 0 fully saturated rings. The predicted octanol–water partition coefficient (Wildman–Crippen LogP) is 3.86. The van der Waals surface area contributed by atoms with E-state index in [1.165, 1.54) is 0 Å². The summed E-state index contributed by atoms with van der Waals surface area (Å²) in [6, 6.07) is 15.5. The average molecular weight is 256 g/mol. The fourth-order valence-electron chi connectivity index (χ4n) is 2.13. The average Bonchev–Trinajstić information content (AvgIpc) is 2.38. The second-order valence-electron chi connectivity index (χ2n) is 4.96. The minimum atomic E-state index is -0.656. The molecule has 2 aromatic rings. The van der Waals surface area contributed by atoms with Crippen molar-refractivity contribution >= 4 is 0 Å². The van der Waals surface area contributed by atoms with Gasteiger partial charge in [0.25, 0.3) is 0 Å². The molecule has 0 saturated heterocycles. The van der Waals surface area contributed by atoms with Gasteiger partial charge in [-0.15, -0.1) is 0 Å².